The van der Waals surface area contributed by atoms with Gasteiger partial charge in [0, 0.05) is 33.6 Å². The average molecular weight is 811 g/mol. The Hall–Kier alpha value is -7.16. The molecule has 2 aliphatic heterocycles. The van der Waals surface area contributed by atoms with Crippen LogP contribution in [0.25, 0.3) is 39.6 Å². The fourth-order valence-corrected chi connectivity index (χ4v) is 11.2. The maximum atomic E-state index is 2.63. The maximum absolute atomic E-state index is 2.63. The third-order valence-corrected chi connectivity index (χ3v) is 14.4. The molecular formula is C61H50N2. The van der Waals surface area contributed by atoms with Crippen molar-refractivity contribution < 1.29 is 0 Å². The van der Waals surface area contributed by atoms with E-state index in [0.717, 1.165) is 32.1 Å². The molecule has 0 fully saturated rings. The summed E-state index contributed by atoms with van der Waals surface area (Å²) in [6.45, 7) is 4.87. The fraction of sp³-hybridized carbons (Fsp3) is 0.148. The monoisotopic (exact) mass is 810 g/mol. The number of hydrogen-bond acceptors (Lipinski definition) is 2. The summed E-state index contributed by atoms with van der Waals surface area (Å²) < 4.78 is 0. The van der Waals surface area contributed by atoms with Crippen LogP contribution in [0.4, 0.5) is 28.4 Å². The minimum absolute atomic E-state index is 0.0671. The number of nitrogens with zero attached hydrogens (tertiary/aromatic N) is 2. The van der Waals surface area contributed by atoms with Gasteiger partial charge in [0.05, 0.1) is 11.7 Å². The van der Waals surface area contributed by atoms with Crippen LogP contribution in [-0.2, 0) is 31.1 Å². The third kappa shape index (κ3) is 6.30. The lowest BCUT2D eigenvalue weighted by Gasteiger charge is -2.37. The van der Waals surface area contributed by atoms with E-state index < -0.39 is 0 Å². The van der Waals surface area contributed by atoms with Crippen LogP contribution in [-0.4, -0.2) is 6.04 Å². The molecule has 2 heterocycles. The number of rotatable bonds is 5. The summed E-state index contributed by atoms with van der Waals surface area (Å²) in [6.07, 6.45) is 14.7. The average Bonchev–Trinajstić information content (AvgIpc) is 3.45. The minimum Gasteiger partial charge on any atom is -0.334 e. The van der Waals surface area contributed by atoms with Crippen LogP contribution in [0.5, 0.6) is 0 Å². The number of benzene rings is 8. The predicted octanol–water partition coefficient (Wildman–Crippen LogP) is 15.6. The van der Waals surface area contributed by atoms with E-state index in [0.29, 0.717) is 0 Å². The van der Waals surface area contributed by atoms with E-state index in [4.69, 9.17) is 0 Å². The zero-order valence-electron chi connectivity index (χ0n) is 36.1. The van der Waals surface area contributed by atoms with Crippen molar-refractivity contribution in [3.8, 4) is 11.1 Å². The molecule has 0 radical (unpaired) electrons. The van der Waals surface area contributed by atoms with Gasteiger partial charge in [0.15, 0.2) is 0 Å². The molecule has 8 aromatic rings. The third-order valence-electron chi connectivity index (χ3n) is 14.4. The Labute approximate surface area is 371 Å². The molecule has 1 atom stereocenters. The van der Waals surface area contributed by atoms with Crippen molar-refractivity contribution in [2.45, 2.75) is 57.4 Å². The zero-order valence-corrected chi connectivity index (χ0v) is 36.1. The van der Waals surface area contributed by atoms with E-state index in [1.54, 1.807) is 5.57 Å². The van der Waals surface area contributed by atoms with Gasteiger partial charge in [0.1, 0.15) is 0 Å². The highest BCUT2D eigenvalue weighted by atomic mass is 15.2. The zero-order chi connectivity index (χ0) is 42.1. The molecule has 8 aromatic carbocycles. The van der Waals surface area contributed by atoms with Gasteiger partial charge in [-0.05, 0) is 135 Å². The smallest absolute Gasteiger partial charge is 0.0563 e. The second kappa shape index (κ2) is 15.0. The first-order chi connectivity index (χ1) is 31.0. The molecule has 0 amide bonds. The largest absolute Gasteiger partial charge is 0.334 e. The molecule has 2 aliphatic carbocycles. The highest BCUT2D eigenvalue weighted by molar-refractivity contribution is 6.06. The van der Waals surface area contributed by atoms with Gasteiger partial charge in [-0.15, -0.1) is 0 Å². The number of allylic oxidation sites excluding steroid dienone is 2. The first-order valence-electron chi connectivity index (χ1n) is 22.8. The van der Waals surface area contributed by atoms with Crippen LogP contribution >= 0.6 is 0 Å². The lowest BCUT2D eigenvalue weighted by Crippen LogP contribution is -2.34. The van der Waals surface area contributed by atoms with E-state index in [2.05, 4.69) is 224 Å². The molecular weight excluding hydrogens is 761 g/mol. The quantitative estimate of drug-likeness (QED) is 0.160. The lowest BCUT2D eigenvalue weighted by atomic mass is 9.77. The molecule has 12 rings (SSSR count). The van der Waals surface area contributed by atoms with Crippen molar-refractivity contribution in [3.63, 3.8) is 0 Å². The summed E-state index contributed by atoms with van der Waals surface area (Å²) in [5.41, 5.74) is 22.7. The summed E-state index contributed by atoms with van der Waals surface area (Å²) in [4.78, 5) is 5.12. The second-order valence-corrected chi connectivity index (χ2v) is 18.3. The highest BCUT2D eigenvalue weighted by Crippen LogP contribution is 2.52. The molecule has 63 heavy (non-hydrogen) atoms. The fourth-order valence-electron chi connectivity index (χ4n) is 11.2. The SMILES string of the molecule is CC1(C)C2=C(C=CC(N3c4ccccc4CCc4ccccc43)C2)c2ccc(C=Cc3ccc(-c4ccc(N5c6ccccc6CCc6ccccc65)c5ccccc45)cc3)cc21. The molecule has 0 aromatic heterocycles. The molecule has 1 unspecified atom stereocenters. The van der Waals surface area contributed by atoms with Crippen LogP contribution < -0.4 is 9.80 Å². The normalized spacial score (nSPS) is 17.1. The van der Waals surface area contributed by atoms with Crippen LogP contribution in [0.15, 0.2) is 194 Å². The van der Waals surface area contributed by atoms with E-state index >= 15 is 0 Å². The van der Waals surface area contributed by atoms with Crippen molar-refractivity contribution in [3.05, 3.63) is 238 Å². The Bertz CT molecular complexity index is 3100. The number of fused-ring (bicyclic) bond motifs is 7. The summed E-state index contributed by atoms with van der Waals surface area (Å²) in [6, 6.07) is 65.9. The van der Waals surface area contributed by atoms with Gasteiger partial charge in [-0.2, -0.15) is 0 Å². The molecule has 0 N–H and O–H groups in total. The number of anilines is 5. The Balaban J connectivity index is 0.813. The first kappa shape index (κ1) is 37.6. The van der Waals surface area contributed by atoms with E-state index in [-0.39, 0.29) is 11.5 Å². The maximum Gasteiger partial charge on any atom is 0.0563 e. The van der Waals surface area contributed by atoms with Gasteiger partial charge >= 0.3 is 0 Å². The van der Waals surface area contributed by atoms with E-state index in [1.807, 2.05) is 0 Å². The van der Waals surface area contributed by atoms with Crippen molar-refractivity contribution in [1.29, 1.82) is 0 Å². The second-order valence-electron chi connectivity index (χ2n) is 18.3. The van der Waals surface area contributed by atoms with Crippen LogP contribution in [0.3, 0.4) is 0 Å². The molecule has 0 bridgehead atoms. The Morgan fingerprint density at radius 3 is 1.62 bits per heavy atom. The standard InChI is InChI=1S/C61H50N2/c1-61(2)54-39-42(27-35-51(54)52-36-34-48(40-55(52)61)62-56-19-9-3-13-44(56)30-31-45-14-4-10-20-57(45)62)24-23-41-25-28-43(29-26-41)49-37-38-60(53-18-8-7-17-50(49)53)63-58-21-11-5-15-46(58)32-33-47-16-6-12-22-59(47)63/h3-29,34-39,48H,30-33,40H2,1-2H3. The molecule has 4 aliphatic rings. The summed E-state index contributed by atoms with van der Waals surface area (Å²) >= 11 is 0. The molecule has 0 spiro atoms. The van der Waals surface area contributed by atoms with Crippen LogP contribution in [0.2, 0.25) is 0 Å². The number of para-hydroxylation sites is 4. The molecule has 2 heteroatoms. The highest BCUT2D eigenvalue weighted by Gasteiger charge is 2.41. The van der Waals surface area contributed by atoms with Crippen LogP contribution in [0.1, 0.15) is 64.8 Å². The van der Waals surface area contributed by atoms with Gasteiger partial charge in [-0.25, -0.2) is 0 Å². The molecule has 2 nitrogen and oxygen atoms in total. The van der Waals surface area contributed by atoms with Crippen molar-refractivity contribution >= 4 is 56.9 Å². The van der Waals surface area contributed by atoms with Crippen LogP contribution in [0, 0.1) is 0 Å². The summed E-state index contributed by atoms with van der Waals surface area (Å²) in [5.74, 6) is 0. The molecule has 0 saturated heterocycles. The number of aryl methyl sites for hydroxylation is 4. The van der Waals surface area contributed by atoms with Crippen molar-refractivity contribution in [1.82, 2.24) is 0 Å². The Kier molecular flexibility index (Phi) is 8.97. The molecule has 304 valence electrons. The van der Waals surface area contributed by atoms with Gasteiger partial charge in [0.25, 0.3) is 0 Å². The van der Waals surface area contributed by atoms with Gasteiger partial charge in [-0.3, -0.25) is 0 Å². The lowest BCUT2D eigenvalue weighted by molar-refractivity contribution is 0.585. The topological polar surface area (TPSA) is 6.48 Å². The van der Waals surface area contributed by atoms with E-state index in [1.165, 1.54) is 100 Å². The minimum atomic E-state index is -0.0671. The van der Waals surface area contributed by atoms with Crippen molar-refractivity contribution in [2.75, 3.05) is 9.80 Å². The van der Waals surface area contributed by atoms with Gasteiger partial charge in [0.2, 0.25) is 0 Å². The van der Waals surface area contributed by atoms with Gasteiger partial charge in [-0.1, -0.05) is 184 Å². The van der Waals surface area contributed by atoms with Gasteiger partial charge < -0.3 is 9.80 Å². The Morgan fingerprint density at radius 1 is 0.476 bits per heavy atom. The Morgan fingerprint density at radius 2 is 0.984 bits per heavy atom. The summed E-state index contributed by atoms with van der Waals surface area (Å²) in [5, 5.41) is 2.52. The number of hydrogen-bond donors (Lipinski definition) is 0. The predicted molar refractivity (Wildman–Crippen MR) is 267 cm³/mol. The first-order valence-corrected chi connectivity index (χ1v) is 22.8. The summed E-state index contributed by atoms with van der Waals surface area (Å²) in [7, 11) is 0. The molecule has 0 saturated carbocycles. The van der Waals surface area contributed by atoms with Crippen molar-refractivity contribution in [2.24, 2.45) is 0 Å². The van der Waals surface area contributed by atoms with E-state index in [9.17, 15) is 0 Å².